The summed E-state index contributed by atoms with van der Waals surface area (Å²) in [6, 6.07) is 12.4. The van der Waals surface area contributed by atoms with Gasteiger partial charge in [0.25, 0.3) is 11.4 Å². The maximum absolute atomic E-state index is 13.7. The topological polar surface area (TPSA) is 109 Å². The minimum Gasteiger partial charge on any atom is -0.449 e. The van der Waals surface area contributed by atoms with E-state index in [9.17, 15) is 32.9 Å². The van der Waals surface area contributed by atoms with Gasteiger partial charge in [0.1, 0.15) is 17.1 Å². The van der Waals surface area contributed by atoms with Gasteiger partial charge >= 0.3 is 12.1 Å². The van der Waals surface area contributed by atoms with Gasteiger partial charge in [-0.25, -0.2) is 4.79 Å². The third kappa shape index (κ3) is 5.01. The Hall–Kier alpha value is -4.38. The molecular formula is C24H13ClF3NO7. The molecule has 0 unspecified atom stereocenters. The van der Waals surface area contributed by atoms with Crippen LogP contribution in [0.3, 0.4) is 0 Å². The summed E-state index contributed by atoms with van der Waals surface area (Å²) in [7, 11) is 0. The molecule has 0 N–H and O–H groups in total. The summed E-state index contributed by atoms with van der Waals surface area (Å²) < 4.78 is 56.6. The number of benzene rings is 3. The number of alkyl halides is 3. The molecule has 0 amide bonds. The number of esters is 1. The van der Waals surface area contributed by atoms with Gasteiger partial charge in [0.15, 0.2) is 0 Å². The number of carbonyl (C=O) groups excluding carboxylic acids is 1. The normalized spacial score (nSPS) is 11.4. The molecular weight excluding hydrogens is 507 g/mol. The first-order chi connectivity index (χ1) is 16.9. The predicted octanol–water partition coefficient (Wildman–Crippen LogP) is 6.69. The van der Waals surface area contributed by atoms with Crippen LogP contribution in [0.4, 0.5) is 18.9 Å². The van der Waals surface area contributed by atoms with Crippen molar-refractivity contribution in [2.75, 3.05) is 0 Å². The van der Waals surface area contributed by atoms with E-state index in [2.05, 4.69) is 0 Å². The van der Waals surface area contributed by atoms with Gasteiger partial charge in [-0.3, -0.25) is 14.9 Å². The first kappa shape index (κ1) is 24.7. The van der Waals surface area contributed by atoms with Crippen LogP contribution in [-0.2, 0) is 6.18 Å². The van der Waals surface area contributed by atoms with Gasteiger partial charge < -0.3 is 13.9 Å². The summed E-state index contributed by atoms with van der Waals surface area (Å²) in [6.07, 6.45) is -5.08. The van der Waals surface area contributed by atoms with Gasteiger partial charge in [-0.15, -0.1) is 0 Å². The minimum absolute atomic E-state index is 0.0117. The number of fused-ring (bicyclic) bond motifs is 1. The lowest BCUT2D eigenvalue weighted by atomic mass is 10.2. The second-order valence-corrected chi connectivity index (χ2v) is 7.88. The number of nitrogens with zero attached hydrogens (tertiary/aromatic N) is 1. The fourth-order valence-electron chi connectivity index (χ4n) is 3.24. The van der Waals surface area contributed by atoms with E-state index in [1.807, 2.05) is 0 Å². The van der Waals surface area contributed by atoms with E-state index in [-0.39, 0.29) is 33.2 Å². The van der Waals surface area contributed by atoms with Gasteiger partial charge in [-0.2, -0.15) is 13.2 Å². The summed E-state index contributed by atoms with van der Waals surface area (Å²) in [4.78, 5) is 35.5. The molecule has 8 nitrogen and oxygen atoms in total. The Balaban J connectivity index is 1.73. The SMILES string of the molecule is Cc1cccc(Oc2c(C(F)(F)F)oc3cc(OC(=O)c4ccc([N+](=O)[O-])cc4Cl)ccc3c2=O)c1. The number of rotatable bonds is 5. The Bertz CT molecular complexity index is 1580. The average Bonchev–Trinajstić information content (AvgIpc) is 2.79. The standard InChI is InChI=1S/C24H13ClF3NO7/c1-12-3-2-4-14(9-12)34-21-20(30)17-8-6-15(11-19(17)36-22(21)24(26,27)28)35-23(31)16-7-5-13(29(32)33)10-18(16)25/h2-11H,1H3. The van der Waals surface area contributed by atoms with Crippen molar-refractivity contribution >= 4 is 34.2 Å². The lowest BCUT2D eigenvalue weighted by Crippen LogP contribution is -2.15. The van der Waals surface area contributed by atoms with Gasteiger partial charge in [-0.1, -0.05) is 23.7 Å². The zero-order valence-corrected chi connectivity index (χ0v) is 18.8. The van der Waals surface area contributed by atoms with E-state index in [4.69, 9.17) is 25.5 Å². The van der Waals surface area contributed by atoms with Crippen LogP contribution in [0.25, 0.3) is 11.0 Å². The maximum atomic E-state index is 13.7. The number of nitro groups is 1. The first-order valence-electron chi connectivity index (χ1n) is 10.0. The van der Waals surface area contributed by atoms with E-state index >= 15 is 0 Å². The average molecular weight is 520 g/mol. The highest BCUT2D eigenvalue weighted by atomic mass is 35.5. The van der Waals surface area contributed by atoms with Gasteiger partial charge in [0.05, 0.1) is 20.9 Å². The summed E-state index contributed by atoms with van der Waals surface area (Å²) >= 11 is 5.91. The van der Waals surface area contributed by atoms with Crippen molar-refractivity contribution in [3.63, 3.8) is 0 Å². The highest BCUT2D eigenvalue weighted by Gasteiger charge is 2.40. The molecule has 0 aliphatic rings. The van der Waals surface area contributed by atoms with Crippen LogP contribution in [-0.4, -0.2) is 10.9 Å². The highest BCUT2D eigenvalue weighted by Crippen LogP contribution is 2.39. The lowest BCUT2D eigenvalue weighted by molar-refractivity contribution is -0.384. The number of non-ortho nitro benzene ring substituents is 1. The molecule has 0 radical (unpaired) electrons. The van der Waals surface area contributed by atoms with Crippen molar-refractivity contribution in [1.82, 2.24) is 0 Å². The summed E-state index contributed by atoms with van der Waals surface area (Å²) in [5.41, 5.74) is -1.47. The van der Waals surface area contributed by atoms with Crippen molar-refractivity contribution in [3.05, 3.63) is 103 Å². The molecule has 184 valence electrons. The van der Waals surface area contributed by atoms with Crippen LogP contribution in [0.2, 0.25) is 5.02 Å². The third-order valence-electron chi connectivity index (χ3n) is 4.88. The maximum Gasteiger partial charge on any atom is 0.453 e. The molecule has 12 heteroatoms. The number of ether oxygens (including phenoxy) is 2. The van der Waals surface area contributed by atoms with Crippen LogP contribution in [0, 0.1) is 17.0 Å². The first-order valence-corrected chi connectivity index (χ1v) is 10.4. The molecule has 1 heterocycles. The fraction of sp³-hybridized carbons (Fsp3) is 0.0833. The molecule has 3 aromatic carbocycles. The summed E-state index contributed by atoms with van der Waals surface area (Å²) in [5, 5.41) is 10.3. The molecule has 1 aromatic heterocycles. The van der Waals surface area contributed by atoms with Crippen LogP contribution >= 0.6 is 11.6 Å². The Morgan fingerprint density at radius 1 is 1.06 bits per heavy atom. The van der Waals surface area contributed by atoms with Crippen molar-refractivity contribution in [2.24, 2.45) is 0 Å². The largest absolute Gasteiger partial charge is 0.453 e. The van der Waals surface area contributed by atoms with Crippen molar-refractivity contribution in [1.29, 1.82) is 0 Å². The summed E-state index contributed by atoms with van der Waals surface area (Å²) in [5.74, 6) is -3.98. The van der Waals surface area contributed by atoms with E-state index in [0.29, 0.717) is 5.56 Å². The number of halogens is 4. The quantitative estimate of drug-likeness (QED) is 0.125. The monoisotopic (exact) mass is 519 g/mol. The van der Waals surface area contributed by atoms with Gasteiger partial charge in [-0.05, 0) is 42.8 Å². The number of hydrogen-bond donors (Lipinski definition) is 0. The molecule has 0 spiro atoms. The summed E-state index contributed by atoms with van der Waals surface area (Å²) in [6.45, 7) is 1.70. The molecule has 0 aliphatic carbocycles. The number of carbonyl (C=O) groups is 1. The number of aryl methyl sites for hydroxylation is 1. The van der Waals surface area contributed by atoms with Crippen molar-refractivity contribution in [3.8, 4) is 17.2 Å². The van der Waals surface area contributed by atoms with Crippen LogP contribution < -0.4 is 14.9 Å². The van der Waals surface area contributed by atoms with Gasteiger partial charge in [0.2, 0.25) is 11.2 Å². The molecule has 4 aromatic rings. The third-order valence-corrected chi connectivity index (χ3v) is 5.20. The lowest BCUT2D eigenvalue weighted by Gasteiger charge is -2.14. The molecule has 4 rings (SSSR count). The molecule has 36 heavy (non-hydrogen) atoms. The smallest absolute Gasteiger partial charge is 0.449 e. The zero-order chi connectivity index (χ0) is 26.2. The number of hydrogen-bond acceptors (Lipinski definition) is 7. The molecule has 0 fully saturated rings. The van der Waals surface area contributed by atoms with Crippen molar-refractivity contribution in [2.45, 2.75) is 13.1 Å². The van der Waals surface area contributed by atoms with E-state index in [1.165, 1.54) is 18.2 Å². The van der Waals surface area contributed by atoms with Crippen LogP contribution in [0.1, 0.15) is 21.7 Å². The van der Waals surface area contributed by atoms with E-state index in [1.54, 1.807) is 19.1 Å². The van der Waals surface area contributed by atoms with Crippen LogP contribution in [0.15, 0.2) is 69.9 Å². The molecule has 0 aliphatic heterocycles. The van der Waals surface area contributed by atoms with Gasteiger partial charge in [0, 0.05) is 18.2 Å². The highest BCUT2D eigenvalue weighted by molar-refractivity contribution is 6.33. The second-order valence-electron chi connectivity index (χ2n) is 7.47. The van der Waals surface area contributed by atoms with Crippen LogP contribution in [0.5, 0.6) is 17.2 Å². The second kappa shape index (κ2) is 9.34. The molecule has 0 saturated carbocycles. The molecule has 0 atom stereocenters. The predicted molar refractivity (Wildman–Crippen MR) is 122 cm³/mol. The zero-order valence-electron chi connectivity index (χ0n) is 18.1. The minimum atomic E-state index is -5.08. The Morgan fingerprint density at radius 2 is 1.81 bits per heavy atom. The van der Waals surface area contributed by atoms with E-state index < -0.39 is 39.6 Å². The van der Waals surface area contributed by atoms with E-state index in [0.717, 1.165) is 30.3 Å². The molecule has 0 bridgehead atoms. The van der Waals surface area contributed by atoms with Crippen molar-refractivity contribution < 1.29 is 36.8 Å². The fourth-order valence-corrected chi connectivity index (χ4v) is 3.49. The molecule has 0 saturated heterocycles. The Morgan fingerprint density at radius 3 is 2.44 bits per heavy atom. The Labute approximate surface area is 204 Å². The number of nitro benzene ring substituents is 1. The Kier molecular flexibility index (Phi) is 6.42.